The molecule has 0 aromatic carbocycles. The number of rotatable bonds is 0. The van der Waals surface area contributed by atoms with Gasteiger partial charge >= 0.3 is 0 Å². The summed E-state index contributed by atoms with van der Waals surface area (Å²) in [6, 6.07) is 0. The van der Waals surface area contributed by atoms with Crippen LogP contribution in [0.3, 0.4) is 0 Å². The van der Waals surface area contributed by atoms with Crippen LogP contribution in [0.1, 0.15) is 12.8 Å². The van der Waals surface area contributed by atoms with Gasteiger partial charge in [-0.2, -0.15) is 0 Å². The molecular weight excluding hydrogens is 199 g/mol. The minimum absolute atomic E-state index is 0. The van der Waals surface area contributed by atoms with E-state index in [1.807, 2.05) is 0 Å². The van der Waals surface area contributed by atoms with Gasteiger partial charge in [0.15, 0.2) is 0 Å². The molecule has 0 bridgehead atoms. The van der Waals surface area contributed by atoms with Crippen molar-refractivity contribution in [3.8, 4) is 0 Å². The Morgan fingerprint density at radius 3 is 1.75 bits per heavy atom. The fourth-order valence-corrected chi connectivity index (χ4v) is 2.27. The molecule has 1 saturated heterocycles. The maximum Gasteiger partial charge on any atom is 0 e. The molecule has 1 fully saturated rings. The fraction of sp³-hybridized carbons (Fsp3) is 1.00. The molecule has 0 atom stereocenters. The van der Waals surface area contributed by atoms with Gasteiger partial charge in [-0.1, -0.05) is 0 Å². The van der Waals surface area contributed by atoms with Crippen molar-refractivity contribution in [1.82, 2.24) is 0 Å². The third-order valence-corrected chi connectivity index (χ3v) is 3.03. The van der Waals surface area contributed by atoms with Crippen molar-refractivity contribution < 1.29 is 36.9 Å². The van der Waals surface area contributed by atoms with Gasteiger partial charge in [0.05, 0.1) is 0 Å². The molecule has 1 radical (unpaired) electrons. The zero-order valence-corrected chi connectivity index (χ0v) is 8.32. The average molecular weight is 207 g/mol. The maximum atomic E-state index is 10.5. The van der Waals surface area contributed by atoms with Crippen molar-refractivity contribution in [1.29, 1.82) is 0 Å². The molecular formula is C4H8NOSY-. The largest absolute Gasteiger partial charge is 0.751 e. The van der Waals surface area contributed by atoms with E-state index in [0.717, 1.165) is 12.8 Å². The number of hydrogen-bond acceptors (Lipinski definition) is 1. The number of hydrogen-bond donors (Lipinski definition) is 0. The van der Waals surface area contributed by atoms with E-state index in [0.29, 0.717) is 11.5 Å². The Morgan fingerprint density at radius 1 is 1.25 bits per heavy atom. The van der Waals surface area contributed by atoms with Crippen LogP contribution in [0, 0.1) is 0 Å². The topological polar surface area (TPSA) is 39.4 Å². The first-order valence-electron chi connectivity index (χ1n) is 2.43. The molecule has 1 heterocycles. The van der Waals surface area contributed by atoms with E-state index in [9.17, 15) is 4.21 Å². The third kappa shape index (κ3) is 2.56. The van der Waals surface area contributed by atoms with Gasteiger partial charge in [0.25, 0.3) is 0 Å². The van der Waals surface area contributed by atoms with Crippen molar-refractivity contribution >= 4 is 9.73 Å². The predicted molar refractivity (Wildman–Crippen MR) is 30.5 cm³/mol. The molecule has 0 N–H and O–H groups in total. The van der Waals surface area contributed by atoms with Gasteiger partial charge in [0, 0.05) is 32.7 Å². The van der Waals surface area contributed by atoms with E-state index in [2.05, 4.69) is 0 Å². The Morgan fingerprint density at radius 2 is 1.62 bits per heavy atom. The normalized spacial score (nSPS) is 24.5. The van der Waals surface area contributed by atoms with E-state index in [1.165, 1.54) is 0 Å². The zero-order valence-electron chi connectivity index (χ0n) is 4.67. The molecule has 45 valence electrons. The standard InChI is InChI=1S/C4H8NOS.Y/c5-7(6)3-1-2-4-7;/h1-4H2;/q-1;. The van der Waals surface area contributed by atoms with Gasteiger partial charge in [-0.3, -0.25) is 4.21 Å². The minimum atomic E-state index is -2.30. The van der Waals surface area contributed by atoms with E-state index in [4.69, 9.17) is 4.78 Å². The van der Waals surface area contributed by atoms with E-state index >= 15 is 0 Å². The van der Waals surface area contributed by atoms with Gasteiger partial charge in [-0.25, -0.2) is 0 Å². The summed E-state index contributed by atoms with van der Waals surface area (Å²) in [7, 11) is -2.30. The smallest absolute Gasteiger partial charge is 0 e. The molecule has 0 unspecified atom stereocenters. The summed E-state index contributed by atoms with van der Waals surface area (Å²) >= 11 is 0. The minimum Gasteiger partial charge on any atom is -0.751 e. The van der Waals surface area contributed by atoms with Crippen molar-refractivity contribution in [2.75, 3.05) is 11.5 Å². The average Bonchev–Trinajstić information content (AvgIpc) is 1.84. The molecule has 1 aliphatic heterocycles. The monoisotopic (exact) mass is 207 g/mol. The Kier molecular flexibility index (Phi) is 3.71. The van der Waals surface area contributed by atoms with Crippen molar-refractivity contribution in [2.45, 2.75) is 12.8 Å². The van der Waals surface area contributed by atoms with Crippen LogP contribution in [-0.4, -0.2) is 15.7 Å². The van der Waals surface area contributed by atoms with Crippen LogP contribution in [0.4, 0.5) is 0 Å². The molecule has 4 heteroatoms. The Hall–Kier alpha value is 1.05. The summed E-state index contributed by atoms with van der Waals surface area (Å²) in [5.41, 5.74) is 0. The molecule has 2 nitrogen and oxygen atoms in total. The molecule has 1 aliphatic rings. The second-order valence-corrected chi connectivity index (χ2v) is 4.25. The Labute approximate surface area is 75.3 Å². The van der Waals surface area contributed by atoms with Crippen LogP contribution in [-0.2, 0) is 42.4 Å². The summed E-state index contributed by atoms with van der Waals surface area (Å²) in [6.45, 7) is 0. The second-order valence-electron chi connectivity index (χ2n) is 1.89. The molecule has 0 aromatic heterocycles. The van der Waals surface area contributed by atoms with Crippen LogP contribution in [0.5, 0.6) is 0 Å². The number of nitrogens with zero attached hydrogens (tertiary/aromatic N) is 1. The first kappa shape index (κ1) is 9.05. The van der Waals surface area contributed by atoms with Gasteiger partial charge in [-0.15, -0.1) is 9.73 Å². The molecule has 8 heavy (non-hydrogen) atoms. The van der Waals surface area contributed by atoms with Crippen LogP contribution in [0.25, 0.3) is 4.78 Å². The van der Waals surface area contributed by atoms with Gasteiger partial charge in [0.2, 0.25) is 0 Å². The maximum absolute atomic E-state index is 10.5. The predicted octanol–water partition coefficient (Wildman–Crippen LogP) is 0.815. The third-order valence-electron chi connectivity index (χ3n) is 1.18. The van der Waals surface area contributed by atoms with Crippen molar-refractivity contribution in [2.24, 2.45) is 0 Å². The summed E-state index contributed by atoms with van der Waals surface area (Å²) in [5, 5.41) is 0. The van der Waals surface area contributed by atoms with Crippen LogP contribution >= 0.6 is 0 Å². The second kappa shape index (κ2) is 3.28. The Balaban J connectivity index is 0.000000490. The molecule has 0 aliphatic carbocycles. The first-order valence-corrected chi connectivity index (χ1v) is 4.28. The fourth-order valence-electron chi connectivity index (χ4n) is 0.757. The van der Waals surface area contributed by atoms with Crippen molar-refractivity contribution in [3.05, 3.63) is 4.78 Å². The van der Waals surface area contributed by atoms with Gasteiger partial charge in [-0.05, 0) is 24.3 Å². The summed E-state index contributed by atoms with van der Waals surface area (Å²) in [6.07, 6.45) is 1.88. The Bertz CT molecular complexity index is 139. The zero-order chi connectivity index (χ0) is 5.33. The van der Waals surface area contributed by atoms with Crippen LogP contribution in [0.15, 0.2) is 0 Å². The van der Waals surface area contributed by atoms with E-state index < -0.39 is 9.73 Å². The molecule has 0 amide bonds. The van der Waals surface area contributed by atoms with Crippen LogP contribution < -0.4 is 0 Å². The summed E-state index contributed by atoms with van der Waals surface area (Å²) in [4.78, 5) is 0. The molecule has 0 saturated carbocycles. The van der Waals surface area contributed by atoms with E-state index in [1.54, 1.807) is 0 Å². The molecule has 0 spiro atoms. The van der Waals surface area contributed by atoms with Crippen LogP contribution in [0.2, 0.25) is 0 Å². The van der Waals surface area contributed by atoms with E-state index in [-0.39, 0.29) is 32.7 Å². The van der Waals surface area contributed by atoms with Gasteiger partial charge in [0.1, 0.15) is 0 Å². The first-order chi connectivity index (χ1) is 3.21. The molecule has 0 aromatic rings. The molecule has 1 rings (SSSR count). The summed E-state index contributed by atoms with van der Waals surface area (Å²) in [5.74, 6) is 1.07. The quantitative estimate of drug-likeness (QED) is 0.579. The SMILES string of the molecule is [N-]=S1(=O)CCCC1.[Y]. The summed E-state index contributed by atoms with van der Waals surface area (Å²) < 4.78 is 19.3. The van der Waals surface area contributed by atoms with Gasteiger partial charge < -0.3 is 4.78 Å². The van der Waals surface area contributed by atoms with Crippen molar-refractivity contribution in [3.63, 3.8) is 0 Å².